The third-order valence-electron chi connectivity index (χ3n) is 4.87. The van der Waals surface area contributed by atoms with Gasteiger partial charge in [-0.05, 0) is 57.0 Å². The van der Waals surface area contributed by atoms with Crippen LogP contribution in [-0.4, -0.2) is 33.8 Å². The summed E-state index contributed by atoms with van der Waals surface area (Å²) in [5.74, 6) is -1.30. The molecule has 3 rings (SSSR count). The van der Waals surface area contributed by atoms with Gasteiger partial charge in [0, 0.05) is 17.7 Å². The minimum Gasteiger partial charge on any atom is -0.449 e. The third kappa shape index (κ3) is 5.23. The number of nitrogens with zero attached hydrogens (tertiary/aromatic N) is 2. The highest BCUT2D eigenvalue weighted by Gasteiger charge is 2.22. The van der Waals surface area contributed by atoms with Crippen molar-refractivity contribution in [2.45, 2.75) is 51.7 Å². The Kier molecular flexibility index (Phi) is 6.69. The number of nitrogens with one attached hydrogen (secondary N) is 1. The normalized spacial score (nSPS) is 15.6. The molecule has 1 aliphatic rings. The lowest BCUT2D eigenvalue weighted by atomic mass is 10.2. The number of rotatable bonds is 6. The molecule has 1 aliphatic carbocycles. The molecule has 0 aliphatic heterocycles. The maximum absolute atomic E-state index is 13.1. The van der Waals surface area contributed by atoms with Crippen LogP contribution in [0.15, 0.2) is 30.3 Å². The van der Waals surface area contributed by atoms with Crippen LogP contribution in [0.25, 0.3) is 11.8 Å². The molecule has 0 spiro atoms. The van der Waals surface area contributed by atoms with Gasteiger partial charge in [0.05, 0.1) is 11.4 Å². The van der Waals surface area contributed by atoms with Gasteiger partial charge in [-0.3, -0.25) is 4.79 Å². The van der Waals surface area contributed by atoms with Gasteiger partial charge in [0.15, 0.2) is 6.10 Å². The zero-order valence-corrected chi connectivity index (χ0v) is 17.1. The molecule has 1 aromatic heterocycles. The van der Waals surface area contributed by atoms with Gasteiger partial charge < -0.3 is 10.1 Å². The molecule has 1 amide bonds. The quantitative estimate of drug-likeness (QED) is 0.567. The number of ether oxygens (including phenoxy) is 1. The lowest BCUT2D eigenvalue weighted by molar-refractivity contribution is -0.150. The number of hydrogen-bond acceptors (Lipinski definition) is 4. The SMILES string of the molecule is Cc1nn(-c2ccc(F)cc2)c(Cl)c1/C=C/C(=O)O[C@@H](C)C(=O)NC1CCCC1. The average Bonchev–Trinajstić information content (AvgIpc) is 3.29. The molecule has 0 bridgehead atoms. The second-order valence-electron chi connectivity index (χ2n) is 7.08. The van der Waals surface area contributed by atoms with Gasteiger partial charge >= 0.3 is 5.97 Å². The van der Waals surface area contributed by atoms with E-state index in [9.17, 15) is 14.0 Å². The maximum atomic E-state index is 13.1. The van der Waals surface area contributed by atoms with Crippen LogP contribution in [-0.2, 0) is 14.3 Å². The van der Waals surface area contributed by atoms with Crippen molar-refractivity contribution in [1.29, 1.82) is 0 Å². The number of amides is 1. The summed E-state index contributed by atoms with van der Waals surface area (Å²) in [5, 5.41) is 7.51. The molecule has 8 heteroatoms. The van der Waals surface area contributed by atoms with Gasteiger partial charge in [-0.2, -0.15) is 5.10 Å². The number of benzene rings is 1. The molecule has 29 heavy (non-hydrogen) atoms. The van der Waals surface area contributed by atoms with Crippen LogP contribution >= 0.6 is 11.6 Å². The molecule has 0 radical (unpaired) electrons. The van der Waals surface area contributed by atoms with E-state index in [2.05, 4.69) is 10.4 Å². The summed E-state index contributed by atoms with van der Waals surface area (Å²) in [6.45, 7) is 3.29. The van der Waals surface area contributed by atoms with Crippen molar-refractivity contribution in [3.8, 4) is 5.69 Å². The summed E-state index contributed by atoms with van der Waals surface area (Å²) in [5.41, 5.74) is 1.73. The molecule has 1 fully saturated rings. The Bertz CT molecular complexity index is 918. The van der Waals surface area contributed by atoms with E-state index in [0.717, 1.165) is 25.7 Å². The standard InChI is InChI=1S/C21H23ClFN3O3/c1-13-18(20(22)26(25-13)17-9-7-15(23)8-10-17)11-12-19(27)29-14(2)21(28)24-16-5-3-4-6-16/h7-12,14,16H,3-6H2,1-2H3,(H,24,28)/b12-11+/t14-/m0/s1. The molecule has 0 unspecified atom stereocenters. The lowest BCUT2D eigenvalue weighted by Gasteiger charge is -2.16. The van der Waals surface area contributed by atoms with Crippen molar-refractivity contribution >= 4 is 29.6 Å². The Morgan fingerprint density at radius 3 is 2.62 bits per heavy atom. The van der Waals surface area contributed by atoms with E-state index in [4.69, 9.17) is 16.3 Å². The average molecular weight is 420 g/mol. The van der Waals surface area contributed by atoms with Crippen LogP contribution in [0.2, 0.25) is 5.15 Å². The summed E-state index contributed by atoms with van der Waals surface area (Å²) in [4.78, 5) is 24.2. The lowest BCUT2D eigenvalue weighted by Crippen LogP contribution is -2.40. The highest BCUT2D eigenvalue weighted by Crippen LogP contribution is 2.25. The number of hydrogen-bond donors (Lipinski definition) is 1. The topological polar surface area (TPSA) is 73.2 Å². The fourth-order valence-corrected chi connectivity index (χ4v) is 3.60. The minimum absolute atomic E-state index is 0.165. The van der Waals surface area contributed by atoms with Crippen molar-refractivity contribution < 1.29 is 18.7 Å². The van der Waals surface area contributed by atoms with E-state index in [-0.39, 0.29) is 22.9 Å². The number of halogens is 2. The predicted octanol–water partition coefficient (Wildman–Crippen LogP) is 3.98. The van der Waals surface area contributed by atoms with E-state index in [1.807, 2.05) is 0 Å². The molecule has 6 nitrogen and oxygen atoms in total. The highest BCUT2D eigenvalue weighted by molar-refractivity contribution is 6.31. The fraction of sp³-hybridized carbons (Fsp3) is 0.381. The highest BCUT2D eigenvalue weighted by atomic mass is 35.5. The largest absolute Gasteiger partial charge is 0.449 e. The van der Waals surface area contributed by atoms with Crippen molar-refractivity contribution in [1.82, 2.24) is 15.1 Å². The van der Waals surface area contributed by atoms with Crippen LogP contribution in [0.1, 0.15) is 43.9 Å². The molecule has 1 heterocycles. The van der Waals surface area contributed by atoms with Gasteiger partial charge in [-0.1, -0.05) is 24.4 Å². The van der Waals surface area contributed by atoms with Crippen LogP contribution < -0.4 is 5.32 Å². The summed E-state index contributed by atoms with van der Waals surface area (Å²) >= 11 is 6.38. The summed E-state index contributed by atoms with van der Waals surface area (Å²) < 4.78 is 19.8. The van der Waals surface area contributed by atoms with Gasteiger partial charge in [-0.25, -0.2) is 13.9 Å². The molecule has 1 saturated carbocycles. The number of esters is 1. The van der Waals surface area contributed by atoms with Gasteiger partial charge in [0.2, 0.25) is 0 Å². The summed E-state index contributed by atoms with van der Waals surface area (Å²) in [7, 11) is 0. The first-order chi connectivity index (χ1) is 13.8. The second-order valence-corrected chi connectivity index (χ2v) is 7.44. The molecular formula is C21H23ClFN3O3. The first-order valence-electron chi connectivity index (χ1n) is 9.55. The van der Waals surface area contributed by atoms with Crippen molar-refractivity contribution in [2.75, 3.05) is 0 Å². The molecule has 1 aromatic carbocycles. The Balaban J connectivity index is 1.63. The van der Waals surface area contributed by atoms with Crippen LogP contribution in [0.5, 0.6) is 0 Å². The molecular weight excluding hydrogens is 397 g/mol. The Morgan fingerprint density at radius 1 is 1.31 bits per heavy atom. The van der Waals surface area contributed by atoms with Gasteiger partial charge in [0.1, 0.15) is 11.0 Å². The van der Waals surface area contributed by atoms with Crippen molar-refractivity contribution in [3.63, 3.8) is 0 Å². The molecule has 1 atom stereocenters. The van der Waals surface area contributed by atoms with E-state index in [1.165, 1.54) is 29.0 Å². The van der Waals surface area contributed by atoms with Crippen LogP contribution in [0.3, 0.4) is 0 Å². The zero-order chi connectivity index (χ0) is 21.0. The Hall–Kier alpha value is -2.67. The van der Waals surface area contributed by atoms with Crippen molar-refractivity contribution in [3.05, 3.63) is 52.6 Å². The maximum Gasteiger partial charge on any atom is 0.331 e. The first-order valence-corrected chi connectivity index (χ1v) is 9.93. The second kappa shape index (κ2) is 9.22. The van der Waals surface area contributed by atoms with E-state index < -0.39 is 12.1 Å². The van der Waals surface area contributed by atoms with Gasteiger partial charge in [0.25, 0.3) is 5.91 Å². The molecule has 1 N–H and O–H groups in total. The number of aryl methyl sites for hydroxylation is 1. The monoisotopic (exact) mass is 419 g/mol. The minimum atomic E-state index is -0.883. The zero-order valence-electron chi connectivity index (χ0n) is 16.3. The van der Waals surface area contributed by atoms with Gasteiger partial charge in [-0.15, -0.1) is 0 Å². The molecule has 0 saturated heterocycles. The molecule has 2 aromatic rings. The summed E-state index contributed by atoms with van der Waals surface area (Å²) in [6, 6.07) is 5.90. The Morgan fingerprint density at radius 2 is 1.97 bits per heavy atom. The first kappa shape index (κ1) is 21.0. The predicted molar refractivity (Wildman–Crippen MR) is 108 cm³/mol. The van der Waals surface area contributed by atoms with E-state index in [0.29, 0.717) is 16.9 Å². The summed E-state index contributed by atoms with van der Waals surface area (Å²) in [6.07, 6.45) is 5.95. The molecule has 154 valence electrons. The third-order valence-corrected chi connectivity index (χ3v) is 5.23. The number of aromatic nitrogens is 2. The number of carbonyl (C=O) groups is 2. The van der Waals surface area contributed by atoms with Crippen LogP contribution in [0.4, 0.5) is 4.39 Å². The van der Waals surface area contributed by atoms with E-state index >= 15 is 0 Å². The number of carbonyl (C=O) groups excluding carboxylic acids is 2. The van der Waals surface area contributed by atoms with Crippen LogP contribution in [0, 0.1) is 12.7 Å². The Labute approximate surface area is 173 Å². The fourth-order valence-electron chi connectivity index (χ4n) is 3.26. The smallest absolute Gasteiger partial charge is 0.331 e. The van der Waals surface area contributed by atoms with Crippen molar-refractivity contribution in [2.24, 2.45) is 0 Å². The van der Waals surface area contributed by atoms with E-state index in [1.54, 1.807) is 26.0 Å².